The molecule has 0 saturated heterocycles. The highest BCUT2D eigenvalue weighted by Crippen LogP contribution is 2.36. The third-order valence-electron chi connectivity index (χ3n) is 3.15. The monoisotopic (exact) mass is 242 g/mol. The Morgan fingerprint density at radius 1 is 1.44 bits per heavy atom. The number of hydrogen-bond acceptors (Lipinski definition) is 4. The largest absolute Gasteiger partial charge is 0.373 e. The lowest BCUT2D eigenvalue weighted by Crippen LogP contribution is -2.47. The first-order chi connectivity index (χ1) is 7.74. The summed E-state index contributed by atoms with van der Waals surface area (Å²) in [5, 5.41) is 2.07. The number of rotatable bonds is 7. The lowest BCUT2D eigenvalue weighted by Gasteiger charge is -2.38. The van der Waals surface area contributed by atoms with E-state index in [1.807, 2.05) is 13.0 Å². The average Bonchev–Trinajstić information content (AvgIpc) is 2.82. The van der Waals surface area contributed by atoms with Gasteiger partial charge in [-0.25, -0.2) is 5.43 Å². The molecule has 0 aliphatic heterocycles. The molecule has 0 aromatic carbocycles. The second-order valence-corrected chi connectivity index (χ2v) is 4.80. The molecule has 0 aliphatic rings. The van der Waals surface area contributed by atoms with E-state index in [-0.39, 0.29) is 11.6 Å². The molecule has 1 unspecified atom stereocenters. The molecule has 0 bridgehead atoms. The van der Waals surface area contributed by atoms with Crippen LogP contribution in [0.1, 0.15) is 44.5 Å². The van der Waals surface area contributed by atoms with Gasteiger partial charge in [-0.2, -0.15) is 0 Å². The molecule has 92 valence electrons. The van der Waals surface area contributed by atoms with Crippen molar-refractivity contribution in [3.8, 4) is 0 Å². The fraction of sp³-hybridized carbons (Fsp3) is 0.667. The van der Waals surface area contributed by atoms with Gasteiger partial charge in [0.15, 0.2) is 0 Å². The van der Waals surface area contributed by atoms with Crippen molar-refractivity contribution in [3.63, 3.8) is 0 Å². The van der Waals surface area contributed by atoms with E-state index in [0.29, 0.717) is 6.61 Å². The Balaban J connectivity index is 2.98. The third kappa shape index (κ3) is 2.63. The maximum absolute atomic E-state index is 5.97. The molecule has 3 N–H and O–H groups in total. The number of nitrogens with one attached hydrogen (secondary N) is 1. The molecule has 0 saturated carbocycles. The van der Waals surface area contributed by atoms with E-state index >= 15 is 0 Å². The average molecular weight is 242 g/mol. The molecular weight excluding hydrogens is 220 g/mol. The van der Waals surface area contributed by atoms with E-state index in [4.69, 9.17) is 10.6 Å². The van der Waals surface area contributed by atoms with E-state index < -0.39 is 0 Å². The maximum Gasteiger partial charge on any atom is 0.0891 e. The van der Waals surface area contributed by atoms with Crippen molar-refractivity contribution in [1.82, 2.24) is 5.43 Å². The van der Waals surface area contributed by atoms with Crippen LogP contribution in [-0.2, 0) is 4.74 Å². The first kappa shape index (κ1) is 13.6. The van der Waals surface area contributed by atoms with Gasteiger partial charge in [0.25, 0.3) is 0 Å². The Morgan fingerprint density at radius 3 is 2.50 bits per heavy atom. The van der Waals surface area contributed by atoms with E-state index in [1.54, 1.807) is 11.3 Å². The number of thiophene rings is 1. The molecule has 0 amide bonds. The quantitative estimate of drug-likeness (QED) is 0.571. The van der Waals surface area contributed by atoms with Crippen LogP contribution >= 0.6 is 11.3 Å². The number of hydrazine groups is 1. The molecule has 1 rings (SSSR count). The van der Waals surface area contributed by atoms with Crippen molar-refractivity contribution in [2.24, 2.45) is 5.84 Å². The van der Waals surface area contributed by atoms with Gasteiger partial charge < -0.3 is 4.74 Å². The molecule has 1 heterocycles. The van der Waals surface area contributed by atoms with Crippen molar-refractivity contribution < 1.29 is 4.74 Å². The predicted molar refractivity (Wildman–Crippen MR) is 69.3 cm³/mol. The van der Waals surface area contributed by atoms with Gasteiger partial charge in [-0.05, 0) is 31.2 Å². The summed E-state index contributed by atoms with van der Waals surface area (Å²) in [6, 6.07) is 4.23. The SMILES string of the molecule is CCOC(CC)(CC)C(NN)c1cccs1. The zero-order valence-electron chi connectivity index (χ0n) is 10.3. The topological polar surface area (TPSA) is 47.3 Å². The van der Waals surface area contributed by atoms with Gasteiger partial charge >= 0.3 is 0 Å². The van der Waals surface area contributed by atoms with E-state index in [0.717, 1.165) is 12.8 Å². The minimum absolute atomic E-state index is 0.0717. The summed E-state index contributed by atoms with van der Waals surface area (Å²) in [5.41, 5.74) is 2.72. The van der Waals surface area contributed by atoms with Crippen LogP contribution in [0.15, 0.2) is 17.5 Å². The summed E-state index contributed by atoms with van der Waals surface area (Å²) in [7, 11) is 0. The summed E-state index contributed by atoms with van der Waals surface area (Å²) in [6.07, 6.45) is 1.90. The molecule has 0 radical (unpaired) electrons. The molecular formula is C12H22N2OS. The molecule has 1 aromatic rings. The van der Waals surface area contributed by atoms with Gasteiger partial charge in [-0.1, -0.05) is 19.9 Å². The summed E-state index contributed by atoms with van der Waals surface area (Å²) < 4.78 is 5.97. The Labute approximate surface area is 102 Å². The van der Waals surface area contributed by atoms with Crippen LogP contribution in [0.25, 0.3) is 0 Å². The van der Waals surface area contributed by atoms with Crippen molar-refractivity contribution in [3.05, 3.63) is 22.4 Å². The highest BCUT2D eigenvalue weighted by atomic mass is 32.1. The van der Waals surface area contributed by atoms with Gasteiger partial charge in [0, 0.05) is 11.5 Å². The molecule has 1 aromatic heterocycles. The normalized spacial score (nSPS) is 14.0. The van der Waals surface area contributed by atoms with Gasteiger partial charge in [-0.3, -0.25) is 5.84 Å². The summed E-state index contributed by atoms with van der Waals surface area (Å²) >= 11 is 1.72. The number of ether oxygens (including phenoxy) is 1. The molecule has 1 atom stereocenters. The Bertz CT molecular complexity index is 283. The fourth-order valence-electron chi connectivity index (χ4n) is 2.18. The van der Waals surface area contributed by atoms with Crippen LogP contribution in [-0.4, -0.2) is 12.2 Å². The molecule has 4 heteroatoms. The highest BCUT2D eigenvalue weighted by molar-refractivity contribution is 7.10. The van der Waals surface area contributed by atoms with Crippen molar-refractivity contribution in [2.45, 2.75) is 45.3 Å². The highest BCUT2D eigenvalue weighted by Gasteiger charge is 2.37. The lowest BCUT2D eigenvalue weighted by atomic mass is 9.87. The second-order valence-electron chi connectivity index (χ2n) is 3.82. The number of hydrogen-bond donors (Lipinski definition) is 2. The van der Waals surface area contributed by atoms with Gasteiger partial charge in [0.05, 0.1) is 11.6 Å². The van der Waals surface area contributed by atoms with Crippen LogP contribution in [0.5, 0.6) is 0 Å². The van der Waals surface area contributed by atoms with Crippen LogP contribution in [0.4, 0.5) is 0 Å². The first-order valence-electron chi connectivity index (χ1n) is 5.87. The molecule has 0 aliphatic carbocycles. The zero-order chi connectivity index (χ0) is 12.0. The van der Waals surface area contributed by atoms with Gasteiger partial charge in [-0.15, -0.1) is 11.3 Å². The van der Waals surface area contributed by atoms with E-state index in [2.05, 4.69) is 30.7 Å². The first-order valence-corrected chi connectivity index (χ1v) is 6.75. The summed E-state index contributed by atoms with van der Waals surface area (Å²) in [4.78, 5) is 1.24. The Morgan fingerprint density at radius 2 is 2.12 bits per heavy atom. The fourth-order valence-corrected chi connectivity index (χ4v) is 3.07. The smallest absolute Gasteiger partial charge is 0.0891 e. The Hall–Kier alpha value is -0.420. The maximum atomic E-state index is 5.97. The summed E-state index contributed by atoms with van der Waals surface area (Å²) in [6.45, 7) is 7.04. The van der Waals surface area contributed by atoms with Crippen LogP contribution in [0, 0.1) is 0 Å². The third-order valence-corrected chi connectivity index (χ3v) is 4.09. The van der Waals surface area contributed by atoms with Crippen LogP contribution in [0.3, 0.4) is 0 Å². The van der Waals surface area contributed by atoms with Crippen molar-refractivity contribution in [2.75, 3.05) is 6.61 Å². The molecule has 0 fully saturated rings. The predicted octanol–water partition coefficient (Wildman–Crippen LogP) is 2.85. The molecule has 0 spiro atoms. The number of nitrogens with two attached hydrogens (primary N) is 1. The molecule has 3 nitrogen and oxygen atoms in total. The van der Waals surface area contributed by atoms with Gasteiger partial charge in [0.1, 0.15) is 0 Å². The van der Waals surface area contributed by atoms with E-state index in [9.17, 15) is 0 Å². The summed E-state index contributed by atoms with van der Waals surface area (Å²) in [5.74, 6) is 5.71. The Kier molecular flexibility index (Phi) is 5.41. The standard InChI is InChI=1S/C12H22N2OS/c1-4-12(5-2,15-6-3)11(14-13)10-8-7-9-16-10/h7-9,11,14H,4-6,13H2,1-3H3. The van der Waals surface area contributed by atoms with E-state index in [1.165, 1.54) is 4.88 Å². The minimum atomic E-state index is -0.200. The lowest BCUT2D eigenvalue weighted by molar-refractivity contribution is -0.0726. The van der Waals surface area contributed by atoms with Crippen LogP contribution in [0.2, 0.25) is 0 Å². The van der Waals surface area contributed by atoms with Crippen molar-refractivity contribution in [1.29, 1.82) is 0 Å². The minimum Gasteiger partial charge on any atom is -0.373 e. The van der Waals surface area contributed by atoms with Gasteiger partial charge in [0.2, 0.25) is 0 Å². The van der Waals surface area contributed by atoms with Crippen molar-refractivity contribution >= 4 is 11.3 Å². The second kappa shape index (κ2) is 6.35. The zero-order valence-corrected chi connectivity index (χ0v) is 11.1. The molecule has 16 heavy (non-hydrogen) atoms. The van der Waals surface area contributed by atoms with Crippen LogP contribution < -0.4 is 11.3 Å².